The third-order valence-corrected chi connectivity index (χ3v) is 16.8. The van der Waals surface area contributed by atoms with E-state index in [0.717, 1.165) is 50.6 Å². The first-order valence-electron chi connectivity index (χ1n) is 31.6. The normalized spacial score (nSPS) is 14.0. The highest BCUT2D eigenvalue weighted by atomic mass is 16.6. The number of fused-ring (bicyclic) bond motifs is 8. The highest BCUT2D eigenvalue weighted by molar-refractivity contribution is 6.24. The second-order valence-electron chi connectivity index (χ2n) is 23.0. The standard InChI is InChI=1S/C68H77N13O16/c1-42-50(40-96-67(86)76(2)20-21-77(3)68(87)97-45-15-16-51-48(34-45)46-17-19-80-65(61(46)73-51)78(4)54-14-9-8-13-47(54)66(80)85)60-62(55(82)37-58(90-7)63(60)84)81(42)39-59(83)69-18-23-91-27-29-93-30-28-92-24-22-79-38-53(74-75-79)43-11-10-12-44(33-43)72-64-49-35-56(94-31-25-88-5)57(95-32-26-89-6)36-52(49)70-41-71-64/h8-16,33-38,41,65,73H,17-32,39-40H2,1-7H3,(H,69,83)(H,70,71,72). The van der Waals surface area contributed by atoms with Gasteiger partial charge in [0.15, 0.2) is 17.3 Å². The summed E-state index contributed by atoms with van der Waals surface area (Å²) in [5.41, 5.74) is 7.81. The van der Waals surface area contributed by atoms with Gasteiger partial charge in [0, 0.05) is 112 Å². The van der Waals surface area contributed by atoms with Crippen molar-refractivity contribution >= 4 is 74.6 Å². The Labute approximate surface area is 558 Å². The molecule has 2 aliphatic heterocycles. The van der Waals surface area contributed by atoms with Crippen LogP contribution in [0.15, 0.2) is 103 Å². The summed E-state index contributed by atoms with van der Waals surface area (Å²) in [5, 5.41) is 16.5. The molecule has 4 aromatic carbocycles. The SMILES string of the molecule is COCCOc1cc2ncnc(Nc3cccc(-c4cn(CCOCCOCCOCCNC(=O)Cn5c(C)c(COC(=O)N(C)CCN(C)C(=O)Oc6ccc7[nH]c8c(c7c6)CCN6C(=O)c7ccccc7N(C)C86)c6c5C(=O)C=C(OC)C6=O)nn4)c3)c2cc1OCCOC. The minimum Gasteiger partial charge on any atom is -0.492 e. The quantitative estimate of drug-likeness (QED) is 0.0361. The summed E-state index contributed by atoms with van der Waals surface area (Å²) in [7, 11) is 9.50. The van der Waals surface area contributed by atoms with Gasteiger partial charge in [0.1, 0.15) is 61.8 Å². The second kappa shape index (κ2) is 31.4. The third-order valence-electron chi connectivity index (χ3n) is 16.8. The smallest absolute Gasteiger partial charge is 0.415 e. The molecule has 4 amide bonds. The van der Waals surface area contributed by atoms with Crippen molar-refractivity contribution in [3.8, 4) is 28.5 Å². The molecule has 3 N–H and O–H groups in total. The summed E-state index contributed by atoms with van der Waals surface area (Å²) in [5.74, 6) is 0.133. The number of benzene rings is 4. The van der Waals surface area contributed by atoms with Gasteiger partial charge in [-0.15, -0.1) is 5.10 Å². The van der Waals surface area contributed by atoms with Crippen LogP contribution in [0.2, 0.25) is 0 Å². The van der Waals surface area contributed by atoms with E-state index in [4.69, 9.17) is 47.4 Å². The van der Waals surface area contributed by atoms with Crippen molar-refractivity contribution in [1.29, 1.82) is 0 Å². The zero-order valence-corrected chi connectivity index (χ0v) is 55.0. The van der Waals surface area contributed by atoms with E-state index in [2.05, 4.69) is 40.8 Å². The Bertz CT molecular complexity index is 4240. The number of likely N-dealkylation sites (N-methyl/N-ethyl adjacent to an activating group) is 2. The summed E-state index contributed by atoms with van der Waals surface area (Å²) >= 11 is 0. The molecular formula is C68H77N13O16. The first-order chi connectivity index (χ1) is 47.1. The molecule has 97 heavy (non-hydrogen) atoms. The molecule has 8 aromatic rings. The molecule has 1 atom stereocenters. The van der Waals surface area contributed by atoms with Gasteiger partial charge in [-0.25, -0.2) is 24.2 Å². The number of para-hydroxylation sites is 1. The van der Waals surface area contributed by atoms with Crippen LogP contribution in [0, 0.1) is 6.92 Å². The molecule has 0 saturated carbocycles. The molecule has 0 spiro atoms. The van der Waals surface area contributed by atoms with E-state index in [1.54, 1.807) is 38.9 Å². The number of methoxy groups -OCH3 is 3. The van der Waals surface area contributed by atoms with Gasteiger partial charge in [-0.2, -0.15) is 0 Å². The number of hydrogen-bond acceptors (Lipinski definition) is 22. The molecule has 0 radical (unpaired) electrons. The highest BCUT2D eigenvalue weighted by Crippen LogP contribution is 2.44. The fourth-order valence-electron chi connectivity index (χ4n) is 11.7. The number of allylic oxidation sites excluding steroid dienone is 2. The highest BCUT2D eigenvalue weighted by Gasteiger charge is 2.42. The van der Waals surface area contributed by atoms with Crippen LogP contribution >= 0.6 is 0 Å². The molecule has 1 aliphatic carbocycles. The van der Waals surface area contributed by atoms with Crippen molar-refractivity contribution in [3.63, 3.8) is 0 Å². The zero-order valence-electron chi connectivity index (χ0n) is 55.0. The van der Waals surface area contributed by atoms with E-state index < -0.39 is 36.3 Å². The van der Waals surface area contributed by atoms with Crippen LogP contribution in [0.4, 0.5) is 26.8 Å². The minimum atomic E-state index is -0.772. The van der Waals surface area contributed by atoms with Crippen LogP contribution in [-0.2, 0) is 64.1 Å². The fraction of sp³-hybridized carbons (Fsp3) is 0.382. The number of carbonyl (C=O) groups is 6. The van der Waals surface area contributed by atoms with Crippen molar-refractivity contribution in [2.75, 3.05) is 145 Å². The van der Waals surface area contributed by atoms with Crippen LogP contribution in [0.5, 0.6) is 17.2 Å². The third kappa shape index (κ3) is 15.5. The molecule has 1 unspecified atom stereocenters. The molecular weight excluding hydrogens is 1250 g/mol. The lowest BCUT2D eigenvalue weighted by molar-refractivity contribution is -0.122. The predicted octanol–water partition coefficient (Wildman–Crippen LogP) is 6.90. The molecule has 3 aliphatic rings. The Kier molecular flexibility index (Phi) is 22.0. The molecule has 29 nitrogen and oxygen atoms in total. The number of ether oxygens (including phenoxy) is 10. The molecule has 11 rings (SSSR count). The van der Waals surface area contributed by atoms with E-state index in [1.807, 2.05) is 90.9 Å². The van der Waals surface area contributed by atoms with Crippen molar-refractivity contribution in [2.45, 2.75) is 39.2 Å². The Balaban J connectivity index is 0.582. The van der Waals surface area contributed by atoms with Crippen molar-refractivity contribution in [2.24, 2.45) is 0 Å². The molecule has 6 heterocycles. The van der Waals surface area contributed by atoms with Crippen LogP contribution < -0.4 is 29.7 Å². The zero-order chi connectivity index (χ0) is 68.1. The predicted molar refractivity (Wildman–Crippen MR) is 354 cm³/mol. The van der Waals surface area contributed by atoms with Crippen molar-refractivity contribution in [3.05, 3.63) is 143 Å². The summed E-state index contributed by atoms with van der Waals surface area (Å²) in [6, 6.07) is 24.3. The van der Waals surface area contributed by atoms with Crippen LogP contribution in [0.3, 0.4) is 0 Å². The Morgan fingerprint density at radius 1 is 0.773 bits per heavy atom. The lowest BCUT2D eigenvalue weighted by Crippen LogP contribution is -2.51. The van der Waals surface area contributed by atoms with Gasteiger partial charge in [-0.3, -0.25) is 19.2 Å². The number of Topliss-reactive ketones (excluding diaryl/α,β-unsaturated/α-hetero) is 1. The van der Waals surface area contributed by atoms with E-state index >= 15 is 0 Å². The van der Waals surface area contributed by atoms with E-state index in [-0.39, 0.29) is 80.7 Å². The number of carbonyl (C=O) groups excluding carboxylic acids is 6. The van der Waals surface area contributed by atoms with E-state index in [9.17, 15) is 28.8 Å². The number of hydrogen-bond donors (Lipinski definition) is 3. The molecule has 510 valence electrons. The first-order valence-corrected chi connectivity index (χ1v) is 31.6. The van der Waals surface area contributed by atoms with Crippen LogP contribution in [0.25, 0.3) is 33.1 Å². The molecule has 0 bridgehead atoms. The van der Waals surface area contributed by atoms with Gasteiger partial charge < -0.3 is 87.2 Å². The summed E-state index contributed by atoms with van der Waals surface area (Å²) in [6.45, 7) is 5.36. The number of amides is 4. The average Bonchev–Trinajstić information content (AvgIpc) is 1.68. The number of aromatic nitrogens is 7. The number of H-pyrrole nitrogens is 1. The number of aromatic amines is 1. The molecule has 4 aromatic heterocycles. The van der Waals surface area contributed by atoms with Gasteiger partial charge >= 0.3 is 12.2 Å². The lowest BCUT2D eigenvalue weighted by Gasteiger charge is -2.46. The van der Waals surface area contributed by atoms with Gasteiger partial charge in [0.25, 0.3) is 5.91 Å². The number of ketones is 2. The van der Waals surface area contributed by atoms with E-state index in [1.165, 1.54) is 34.9 Å². The van der Waals surface area contributed by atoms with Gasteiger partial charge in [-0.1, -0.05) is 29.5 Å². The van der Waals surface area contributed by atoms with Gasteiger partial charge in [0.05, 0.1) is 101 Å². The van der Waals surface area contributed by atoms with E-state index in [0.29, 0.717) is 111 Å². The molecule has 0 saturated heterocycles. The maximum Gasteiger partial charge on any atom is 0.415 e. The number of rotatable bonds is 32. The Hall–Kier alpha value is -10.5. The lowest BCUT2D eigenvalue weighted by atomic mass is 9.96. The Morgan fingerprint density at radius 3 is 2.27 bits per heavy atom. The average molecular weight is 1330 g/mol. The maximum atomic E-state index is 13.7. The maximum absolute atomic E-state index is 13.7. The monoisotopic (exact) mass is 1330 g/mol. The minimum absolute atomic E-state index is 0.0177. The number of nitrogens with one attached hydrogen (secondary N) is 3. The van der Waals surface area contributed by atoms with Gasteiger partial charge in [-0.05, 0) is 67.4 Å². The van der Waals surface area contributed by atoms with Crippen molar-refractivity contribution in [1.82, 2.24) is 54.5 Å². The van der Waals surface area contributed by atoms with Crippen LogP contribution in [-0.4, -0.2) is 220 Å². The molecule has 29 heteroatoms. The molecule has 0 fully saturated rings. The summed E-state index contributed by atoms with van der Waals surface area (Å²) in [4.78, 5) is 100. The van der Waals surface area contributed by atoms with Crippen LogP contribution in [0.1, 0.15) is 59.9 Å². The largest absolute Gasteiger partial charge is 0.492 e. The topological polar surface area (TPSA) is 309 Å². The first kappa shape index (κ1) is 67.9. The summed E-state index contributed by atoms with van der Waals surface area (Å²) in [6.07, 6.45) is 3.27. The Morgan fingerprint density at radius 2 is 1.51 bits per heavy atom. The summed E-state index contributed by atoms with van der Waals surface area (Å²) < 4.78 is 59.2. The van der Waals surface area contributed by atoms with Gasteiger partial charge in [0.2, 0.25) is 17.5 Å². The van der Waals surface area contributed by atoms with Crippen molar-refractivity contribution < 1.29 is 76.1 Å². The second-order valence-corrected chi connectivity index (χ2v) is 23.0. The number of nitrogens with zero attached hydrogens (tertiary/aromatic N) is 10. The number of anilines is 3. The fourth-order valence-corrected chi connectivity index (χ4v) is 11.7.